The zero-order valence-corrected chi connectivity index (χ0v) is 19.7. The highest BCUT2D eigenvalue weighted by molar-refractivity contribution is 5.97. The van der Waals surface area contributed by atoms with Crippen LogP contribution in [0.4, 0.5) is 4.39 Å². The van der Waals surface area contributed by atoms with Crippen molar-refractivity contribution in [1.82, 2.24) is 25.0 Å². The largest absolute Gasteiger partial charge is 0.348 e. The van der Waals surface area contributed by atoms with Crippen LogP contribution >= 0.6 is 0 Å². The molecule has 1 aromatic heterocycles. The third-order valence-corrected chi connectivity index (χ3v) is 7.28. The van der Waals surface area contributed by atoms with Crippen LogP contribution < -0.4 is 11.0 Å². The van der Waals surface area contributed by atoms with Crippen molar-refractivity contribution in [1.29, 1.82) is 0 Å². The van der Waals surface area contributed by atoms with Crippen LogP contribution in [0.5, 0.6) is 0 Å². The molecule has 1 atom stereocenters. The van der Waals surface area contributed by atoms with Crippen molar-refractivity contribution in [2.24, 2.45) is 11.8 Å². The van der Waals surface area contributed by atoms with Gasteiger partial charge in [-0.15, -0.1) is 0 Å². The maximum Gasteiger partial charge on any atom is 0.348 e. The van der Waals surface area contributed by atoms with Crippen LogP contribution in [0.2, 0.25) is 0 Å². The molecule has 2 aliphatic heterocycles. The summed E-state index contributed by atoms with van der Waals surface area (Å²) in [5, 5.41) is 9.33. The molecule has 2 N–H and O–H groups in total. The highest BCUT2D eigenvalue weighted by atomic mass is 19.1. The molecule has 1 saturated heterocycles. The third-order valence-electron chi connectivity index (χ3n) is 7.28. The summed E-state index contributed by atoms with van der Waals surface area (Å²) >= 11 is 0. The highest BCUT2D eigenvalue weighted by Crippen LogP contribution is 2.33. The SMILES string of the molecule is O=C1NC=CCc2cc(-c3ccc(-n4c(CC5CCN(C(=O)C6CC6)C5)n[nH]c4=O)c(F)c3)ccc21. The number of H-pyrrole nitrogens is 1. The Kier molecular flexibility index (Phi) is 5.55. The molecule has 184 valence electrons. The monoisotopic (exact) mass is 487 g/mol. The van der Waals surface area contributed by atoms with Gasteiger partial charge in [-0.05, 0) is 66.5 Å². The van der Waals surface area contributed by atoms with Gasteiger partial charge in [0.2, 0.25) is 5.91 Å². The summed E-state index contributed by atoms with van der Waals surface area (Å²) in [5.41, 5.74) is 2.53. The fourth-order valence-corrected chi connectivity index (χ4v) is 5.19. The molecule has 2 aromatic carbocycles. The lowest BCUT2D eigenvalue weighted by Gasteiger charge is -2.16. The highest BCUT2D eigenvalue weighted by Gasteiger charge is 2.37. The molecule has 8 nitrogen and oxygen atoms in total. The van der Waals surface area contributed by atoms with Crippen LogP contribution in [0.25, 0.3) is 16.8 Å². The molecule has 1 aliphatic carbocycles. The molecule has 0 bridgehead atoms. The first kappa shape index (κ1) is 22.5. The molecule has 0 radical (unpaired) electrons. The molecular formula is C27H26FN5O3. The number of nitrogens with zero attached hydrogens (tertiary/aromatic N) is 3. The normalized spacial score (nSPS) is 19.2. The van der Waals surface area contributed by atoms with Crippen molar-refractivity contribution in [3.05, 3.63) is 81.9 Å². The molecule has 36 heavy (non-hydrogen) atoms. The van der Waals surface area contributed by atoms with Gasteiger partial charge in [-0.25, -0.2) is 18.9 Å². The third kappa shape index (κ3) is 4.14. The van der Waals surface area contributed by atoms with Crippen LogP contribution in [0.15, 0.2) is 53.5 Å². The molecule has 3 aliphatic rings. The number of allylic oxidation sites excluding steroid dienone is 1. The summed E-state index contributed by atoms with van der Waals surface area (Å²) in [6, 6.07) is 10.2. The Hall–Kier alpha value is -4.01. The topological polar surface area (TPSA) is 100 Å². The second-order valence-corrected chi connectivity index (χ2v) is 9.82. The first-order valence-corrected chi connectivity index (χ1v) is 12.3. The predicted molar refractivity (Wildman–Crippen MR) is 131 cm³/mol. The van der Waals surface area contributed by atoms with E-state index in [1.54, 1.807) is 30.5 Å². The van der Waals surface area contributed by atoms with E-state index in [9.17, 15) is 14.4 Å². The number of amides is 2. The zero-order valence-electron chi connectivity index (χ0n) is 19.7. The average Bonchev–Trinajstić information content (AvgIpc) is 3.57. The number of likely N-dealkylation sites (tertiary alicyclic amines) is 1. The molecule has 2 fully saturated rings. The van der Waals surface area contributed by atoms with Crippen molar-refractivity contribution in [2.75, 3.05) is 13.1 Å². The van der Waals surface area contributed by atoms with Gasteiger partial charge >= 0.3 is 5.69 Å². The smallest absolute Gasteiger partial charge is 0.342 e. The standard InChI is InChI=1S/C27H26FN5O3/c28-22-14-19(18-5-7-21-20(13-18)2-1-10-29-25(21)34)6-8-23(22)33-24(30-31-27(33)36)12-16-9-11-32(15-16)26(35)17-3-4-17/h1,5-8,10,13-14,16-17H,2-4,9,11-12,15H2,(H,29,34)(H,31,36). The number of carbonyl (C=O) groups is 2. The van der Waals surface area contributed by atoms with E-state index >= 15 is 4.39 Å². The van der Waals surface area contributed by atoms with Gasteiger partial charge in [0, 0.05) is 37.2 Å². The number of fused-ring (bicyclic) bond motifs is 1. The second kappa shape index (κ2) is 8.89. The molecule has 2 amide bonds. The number of aromatic amines is 1. The number of halogens is 1. The Morgan fingerprint density at radius 1 is 1.08 bits per heavy atom. The second-order valence-electron chi connectivity index (χ2n) is 9.82. The zero-order chi connectivity index (χ0) is 24.8. The van der Waals surface area contributed by atoms with E-state index in [0.29, 0.717) is 36.3 Å². The summed E-state index contributed by atoms with van der Waals surface area (Å²) in [6.07, 6.45) is 7.38. The number of hydrogen-bond acceptors (Lipinski definition) is 4. The molecule has 0 spiro atoms. The lowest BCUT2D eigenvalue weighted by molar-refractivity contribution is -0.131. The molecular weight excluding hydrogens is 461 g/mol. The Bertz CT molecular complexity index is 1450. The van der Waals surface area contributed by atoms with Crippen LogP contribution in [0.3, 0.4) is 0 Å². The summed E-state index contributed by atoms with van der Waals surface area (Å²) in [5.74, 6) is 0.346. The first-order chi connectivity index (χ1) is 17.5. The molecule has 3 heterocycles. The quantitative estimate of drug-likeness (QED) is 0.578. The van der Waals surface area contributed by atoms with Crippen molar-refractivity contribution in [2.45, 2.75) is 32.1 Å². The number of benzene rings is 2. The van der Waals surface area contributed by atoms with E-state index in [-0.39, 0.29) is 29.3 Å². The Morgan fingerprint density at radius 3 is 2.69 bits per heavy atom. The molecule has 1 saturated carbocycles. The lowest BCUT2D eigenvalue weighted by Crippen LogP contribution is -2.30. The molecule has 9 heteroatoms. The van der Waals surface area contributed by atoms with E-state index < -0.39 is 11.5 Å². The van der Waals surface area contributed by atoms with Gasteiger partial charge in [-0.1, -0.05) is 24.3 Å². The minimum atomic E-state index is -0.540. The van der Waals surface area contributed by atoms with Crippen molar-refractivity contribution < 1.29 is 14.0 Å². The fraction of sp³-hybridized carbons (Fsp3) is 0.333. The number of hydrogen-bond donors (Lipinski definition) is 2. The van der Waals surface area contributed by atoms with E-state index in [1.165, 1.54) is 10.6 Å². The summed E-state index contributed by atoms with van der Waals surface area (Å²) in [4.78, 5) is 39.0. The van der Waals surface area contributed by atoms with Gasteiger partial charge in [0.05, 0.1) is 5.69 Å². The van der Waals surface area contributed by atoms with E-state index in [1.807, 2.05) is 17.0 Å². The summed E-state index contributed by atoms with van der Waals surface area (Å²) < 4.78 is 16.7. The van der Waals surface area contributed by atoms with Gasteiger partial charge < -0.3 is 10.2 Å². The fourth-order valence-electron chi connectivity index (χ4n) is 5.19. The van der Waals surface area contributed by atoms with Crippen molar-refractivity contribution in [3.63, 3.8) is 0 Å². The Balaban J connectivity index is 1.25. The maximum atomic E-state index is 15.4. The minimum absolute atomic E-state index is 0.133. The summed E-state index contributed by atoms with van der Waals surface area (Å²) in [6.45, 7) is 1.36. The first-order valence-electron chi connectivity index (χ1n) is 12.3. The number of nitrogens with one attached hydrogen (secondary N) is 2. The Morgan fingerprint density at radius 2 is 1.89 bits per heavy atom. The number of carbonyl (C=O) groups excluding carboxylic acids is 2. The van der Waals surface area contributed by atoms with E-state index in [4.69, 9.17) is 0 Å². The van der Waals surface area contributed by atoms with Crippen molar-refractivity contribution >= 4 is 11.8 Å². The predicted octanol–water partition coefficient (Wildman–Crippen LogP) is 2.97. The Labute approximate surface area is 206 Å². The van der Waals surface area contributed by atoms with Crippen LogP contribution in [0, 0.1) is 17.7 Å². The van der Waals surface area contributed by atoms with Gasteiger partial charge in [-0.2, -0.15) is 5.10 Å². The number of rotatable bonds is 5. The van der Waals surface area contributed by atoms with Gasteiger partial charge in [0.25, 0.3) is 5.91 Å². The van der Waals surface area contributed by atoms with E-state index in [0.717, 1.165) is 36.9 Å². The van der Waals surface area contributed by atoms with Crippen LogP contribution in [0.1, 0.15) is 41.0 Å². The maximum absolute atomic E-state index is 15.4. The summed E-state index contributed by atoms with van der Waals surface area (Å²) in [7, 11) is 0. The number of aromatic nitrogens is 3. The van der Waals surface area contributed by atoms with E-state index in [2.05, 4.69) is 15.5 Å². The van der Waals surface area contributed by atoms with Crippen LogP contribution in [-0.2, 0) is 17.6 Å². The molecule has 3 aromatic rings. The van der Waals surface area contributed by atoms with Gasteiger partial charge in [0.1, 0.15) is 11.6 Å². The lowest BCUT2D eigenvalue weighted by atomic mass is 9.97. The molecule has 6 rings (SSSR count). The van der Waals surface area contributed by atoms with Gasteiger partial charge in [0.15, 0.2) is 0 Å². The van der Waals surface area contributed by atoms with Crippen LogP contribution in [-0.4, -0.2) is 44.6 Å². The average molecular weight is 488 g/mol. The van der Waals surface area contributed by atoms with Gasteiger partial charge in [-0.3, -0.25) is 9.59 Å². The minimum Gasteiger partial charge on any atom is -0.342 e. The van der Waals surface area contributed by atoms with Crippen molar-refractivity contribution in [3.8, 4) is 16.8 Å². The molecule has 1 unspecified atom stereocenters.